The summed E-state index contributed by atoms with van der Waals surface area (Å²) in [4.78, 5) is 0. The molecule has 0 aliphatic carbocycles. The van der Waals surface area contributed by atoms with Crippen molar-refractivity contribution in [1.29, 1.82) is 0 Å². The van der Waals surface area contributed by atoms with Gasteiger partial charge in [-0.05, 0) is 22.0 Å². The van der Waals surface area contributed by atoms with Gasteiger partial charge in [-0.15, -0.1) is 0 Å². The highest BCUT2D eigenvalue weighted by molar-refractivity contribution is 6.84. The van der Waals surface area contributed by atoms with Gasteiger partial charge >= 0.3 is 0 Å². The fourth-order valence-electron chi connectivity index (χ4n) is 2.74. The maximum absolute atomic E-state index is 2.29. The summed E-state index contributed by atoms with van der Waals surface area (Å²) in [5, 5.41) is 0. The van der Waals surface area contributed by atoms with E-state index in [1.54, 1.807) is 0 Å². The number of hydrogen-bond donors (Lipinski definition) is 0. The fourth-order valence-corrected chi connectivity index (χ4v) is 2.74. The van der Waals surface area contributed by atoms with E-state index in [0.717, 1.165) is 0 Å². The first-order valence-electron chi connectivity index (χ1n) is 8.30. The number of benzene rings is 2. The monoisotopic (exact) mass is 292 g/mol. The van der Waals surface area contributed by atoms with E-state index >= 15 is 0 Å². The normalized spacial score (nSPS) is 12.3. The van der Waals surface area contributed by atoms with Crippen LogP contribution in [-0.2, 0) is 10.8 Å². The molecule has 2 aromatic rings. The second-order valence-electron chi connectivity index (χ2n) is 8.47. The van der Waals surface area contributed by atoms with Gasteiger partial charge in [-0.1, -0.05) is 108 Å². The Labute approximate surface area is 137 Å². The molecule has 0 N–H and O–H groups in total. The van der Waals surface area contributed by atoms with Crippen molar-refractivity contribution >= 4 is 17.6 Å². The molecule has 0 radical (unpaired) electrons. The number of hydrogen-bond acceptors (Lipinski definition) is 0. The molecule has 0 spiro atoms. The van der Waals surface area contributed by atoms with Crippen LogP contribution in [0.15, 0.2) is 48.5 Å². The highest BCUT2D eigenvalue weighted by Crippen LogP contribution is 2.22. The zero-order valence-corrected chi connectivity index (χ0v) is 15.2. The van der Waals surface area contributed by atoms with Crippen molar-refractivity contribution < 1.29 is 0 Å². The Morgan fingerprint density at radius 2 is 0.818 bits per heavy atom. The Bertz CT molecular complexity index is 549. The second-order valence-corrected chi connectivity index (χ2v) is 8.47. The summed E-state index contributed by atoms with van der Waals surface area (Å²) < 4.78 is 0. The molecule has 0 nitrogen and oxygen atoms in total. The number of rotatable bonds is 2. The van der Waals surface area contributed by atoms with Gasteiger partial charge in [-0.2, -0.15) is 0 Å². The molecule has 0 saturated carbocycles. The average Bonchev–Trinajstić information content (AvgIpc) is 2.45. The lowest BCUT2D eigenvalue weighted by molar-refractivity contribution is 0.590. The lowest BCUT2D eigenvalue weighted by atomic mass is 9.42. The van der Waals surface area contributed by atoms with E-state index in [2.05, 4.69) is 96.9 Å². The third-order valence-corrected chi connectivity index (χ3v) is 4.55. The maximum atomic E-state index is 2.29. The molecule has 0 atom stereocenters. The molecule has 0 bridgehead atoms. The Hall–Kier alpha value is -1.50. The molecule has 2 rings (SSSR count). The molecular weight excluding hydrogens is 263 g/mol. The molecule has 1 heteroatoms. The highest BCUT2D eigenvalue weighted by Gasteiger charge is 2.18. The molecule has 0 aliphatic heterocycles. The topological polar surface area (TPSA) is 0 Å². The van der Waals surface area contributed by atoms with E-state index in [4.69, 9.17) is 0 Å². The van der Waals surface area contributed by atoms with Crippen LogP contribution in [0, 0.1) is 0 Å². The quantitative estimate of drug-likeness (QED) is 0.714. The molecule has 2 aromatic carbocycles. The van der Waals surface area contributed by atoms with Crippen LogP contribution in [0.3, 0.4) is 0 Å². The van der Waals surface area contributed by atoms with Crippen LogP contribution >= 0.6 is 0 Å². The molecular formula is C21H29B. The molecule has 22 heavy (non-hydrogen) atoms. The summed E-state index contributed by atoms with van der Waals surface area (Å²) in [6, 6.07) is 18.2. The van der Waals surface area contributed by atoms with E-state index in [0.29, 0.717) is 6.71 Å². The van der Waals surface area contributed by atoms with Gasteiger partial charge in [-0.25, -0.2) is 0 Å². The Morgan fingerprint density at radius 3 is 1.05 bits per heavy atom. The van der Waals surface area contributed by atoms with Gasteiger partial charge < -0.3 is 0 Å². The van der Waals surface area contributed by atoms with Crippen LogP contribution in [-0.4, -0.2) is 6.71 Å². The smallest absolute Gasteiger partial charge is 0.0774 e. The summed E-state index contributed by atoms with van der Waals surface area (Å²) in [6.07, 6.45) is 0. The minimum absolute atomic E-state index is 0.218. The third-order valence-electron chi connectivity index (χ3n) is 4.55. The predicted octanol–water partition coefficient (Wildman–Crippen LogP) is 4.52. The Kier molecular flexibility index (Phi) is 4.56. The molecule has 0 unspecified atom stereocenters. The van der Waals surface area contributed by atoms with Crippen molar-refractivity contribution in [3.05, 3.63) is 59.7 Å². The first-order valence-corrected chi connectivity index (χ1v) is 8.30. The SMILES string of the molecule is CB(c1ccc(C(C)(C)C)cc1)c1ccc(C(C)(C)C)cc1. The van der Waals surface area contributed by atoms with Crippen LogP contribution in [0.1, 0.15) is 52.7 Å². The van der Waals surface area contributed by atoms with E-state index in [-0.39, 0.29) is 10.8 Å². The summed E-state index contributed by atoms with van der Waals surface area (Å²) in [5.41, 5.74) is 6.00. The van der Waals surface area contributed by atoms with E-state index in [1.807, 2.05) is 0 Å². The molecule has 0 aliphatic rings. The highest BCUT2D eigenvalue weighted by atomic mass is 14.2. The van der Waals surface area contributed by atoms with Crippen LogP contribution < -0.4 is 10.9 Å². The van der Waals surface area contributed by atoms with Crippen molar-refractivity contribution in [3.63, 3.8) is 0 Å². The standard InChI is InChI=1S/C21H29B/c1-20(2,3)16-8-12-18(13-9-16)22(7)19-14-10-17(11-15-19)21(4,5)6/h8-15H,1-7H3. The van der Waals surface area contributed by atoms with Gasteiger partial charge in [0.1, 0.15) is 0 Å². The lowest BCUT2D eigenvalue weighted by Gasteiger charge is -2.21. The second kappa shape index (κ2) is 5.95. The van der Waals surface area contributed by atoms with Crippen LogP contribution in [0.5, 0.6) is 0 Å². The lowest BCUT2D eigenvalue weighted by Crippen LogP contribution is -2.39. The molecule has 0 saturated heterocycles. The molecule has 0 amide bonds. The van der Waals surface area contributed by atoms with Gasteiger partial charge in [0.15, 0.2) is 0 Å². The van der Waals surface area contributed by atoms with Gasteiger partial charge in [0.25, 0.3) is 0 Å². The predicted molar refractivity (Wildman–Crippen MR) is 101 cm³/mol. The van der Waals surface area contributed by atoms with Crippen LogP contribution in [0.4, 0.5) is 0 Å². The molecule has 0 fully saturated rings. The summed E-state index contributed by atoms with van der Waals surface area (Å²) in [6.45, 7) is 16.3. The molecule has 116 valence electrons. The zero-order valence-electron chi connectivity index (χ0n) is 15.2. The fraction of sp³-hybridized carbons (Fsp3) is 0.429. The summed E-state index contributed by atoms with van der Waals surface area (Å²) in [5.74, 6) is 0. The van der Waals surface area contributed by atoms with Crippen molar-refractivity contribution in [3.8, 4) is 0 Å². The summed E-state index contributed by atoms with van der Waals surface area (Å²) >= 11 is 0. The zero-order chi connectivity index (χ0) is 16.5. The van der Waals surface area contributed by atoms with Gasteiger partial charge in [0.2, 0.25) is 6.71 Å². The Morgan fingerprint density at radius 1 is 0.545 bits per heavy atom. The van der Waals surface area contributed by atoms with E-state index in [1.165, 1.54) is 22.1 Å². The van der Waals surface area contributed by atoms with E-state index in [9.17, 15) is 0 Å². The van der Waals surface area contributed by atoms with Crippen LogP contribution in [0.25, 0.3) is 0 Å². The third kappa shape index (κ3) is 3.82. The minimum atomic E-state index is 0.218. The first kappa shape index (κ1) is 16.9. The van der Waals surface area contributed by atoms with Gasteiger partial charge in [0, 0.05) is 0 Å². The Balaban J connectivity index is 2.23. The average molecular weight is 292 g/mol. The maximum Gasteiger partial charge on any atom is 0.206 e. The van der Waals surface area contributed by atoms with Crippen molar-refractivity contribution in [1.82, 2.24) is 0 Å². The first-order chi connectivity index (χ1) is 10.1. The van der Waals surface area contributed by atoms with Gasteiger partial charge in [0.05, 0.1) is 0 Å². The summed E-state index contributed by atoms with van der Waals surface area (Å²) in [7, 11) is 0. The molecule has 0 aromatic heterocycles. The van der Waals surface area contributed by atoms with Crippen molar-refractivity contribution in [2.75, 3.05) is 0 Å². The van der Waals surface area contributed by atoms with Gasteiger partial charge in [-0.3, -0.25) is 0 Å². The van der Waals surface area contributed by atoms with Crippen molar-refractivity contribution in [2.24, 2.45) is 0 Å². The molecule has 0 heterocycles. The van der Waals surface area contributed by atoms with E-state index < -0.39 is 0 Å². The largest absolute Gasteiger partial charge is 0.206 e. The van der Waals surface area contributed by atoms with Crippen LogP contribution in [0.2, 0.25) is 6.82 Å². The van der Waals surface area contributed by atoms with Crippen molar-refractivity contribution in [2.45, 2.75) is 59.2 Å². The minimum Gasteiger partial charge on any atom is -0.0774 e.